The molecule has 0 radical (unpaired) electrons. The number of fused-ring (bicyclic) bond motifs is 1. The molecule has 0 saturated carbocycles. The van der Waals surface area contributed by atoms with Gasteiger partial charge in [0.05, 0.1) is 16.3 Å². The zero-order valence-electron chi connectivity index (χ0n) is 16.9. The second-order valence-electron chi connectivity index (χ2n) is 7.20. The fraction of sp³-hybridized carbons (Fsp3) is 0.409. The average molecular weight is 440 g/mol. The topological polar surface area (TPSA) is 44.4 Å². The first-order valence-corrected chi connectivity index (χ1v) is 10.2. The van der Waals surface area contributed by atoms with Crippen molar-refractivity contribution in [1.82, 2.24) is 10.2 Å². The summed E-state index contributed by atoms with van der Waals surface area (Å²) in [6, 6.07) is 8.79. The van der Waals surface area contributed by atoms with Crippen molar-refractivity contribution < 1.29 is 9.18 Å². The molecule has 1 amide bonds. The summed E-state index contributed by atoms with van der Waals surface area (Å²) in [5, 5.41) is 7.46. The Bertz CT molecular complexity index is 860. The maximum Gasteiger partial charge on any atom is 0.256 e. The number of hydrogen-bond acceptors (Lipinski definition) is 3. The minimum absolute atomic E-state index is 0. The third kappa shape index (κ3) is 5.62. The molecule has 0 aliphatic carbocycles. The molecule has 7 heteroatoms. The fourth-order valence-electron chi connectivity index (χ4n) is 3.61. The summed E-state index contributed by atoms with van der Waals surface area (Å²) in [7, 11) is 1.69. The normalized spacial score (nSPS) is 13.1. The Hall–Kier alpha value is -1.82. The highest BCUT2D eigenvalue weighted by Crippen LogP contribution is 2.31. The molecule has 1 heterocycles. The molecule has 4 nitrogen and oxygen atoms in total. The van der Waals surface area contributed by atoms with Gasteiger partial charge in [0.2, 0.25) is 0 Å². The number of amides is 1. The lowest BCUT2D eigenvalue weighted by atomic mass is 10.0. The van der Waals surface area contributed by atoms with Crippen LogP contribution in [0.25, 0.3) is 0 Å². The standard InChI is InChI=1S/C22H27ClFN3O.ClH/c1-3-12-27(2)22(28)18-6-4-15(13-20(18)24)14-26-21-17-9-11-25-10-8-16(17)5-7-19(21)23;/h4-7,13,25-26H,3,8-12,14H2,1-2H3;1H. The molecule has 0 spiro atoms. The van der Waals surface area contributed by atoms with Gasteiger partial charge in [-0.1, -0.05) is 30.7 Å². The van der Waals surface area contributed by atoms with Crippen LogP contribution in [0.1, 0.15) is 40.4 Å². The number of nitrogens with zero attached hydrogens (tertiary/aromatic N) is 1. The number of carbonyl (C=O) groups excluding carboxylic acids is 1. The van der Waals surface area contributed by atoms with Crippen LogP contribution < -0.4 is 10.6 Å². The van der Waals surface area contributed by atoms with Crippen molar-refractivity contribution in [3.05, 3.63) is 63.4 Å². The van der Waals surface area contributed by atoms with E-state index in [-0.39, 0.29) is 23.9 Å². The highest BCUT2D eigenvalue weighted by molar-refractivity contribution is 6.33. The molecule has 0 fully saturated rings. The highest BCUT2D eigenvalue weighted by Gasteiger charge is 2.17. The van der Waals surface area contributed by atoms with Crippen molar-refractivity contribution in [2.75, 3.05) is 32.0 Å². The molecule has 2 aromatic carbocycles. The molecule has 2 N–H and O–H groups in total. The predicted molar refractivity (Wildman–Crippen MR) is 120 cm³/mol. The Kier molecular flexibility index (Phi) is 8.75. The summed E-state index contributed by atoms with van der Waals surface area (Å²) in [5.74, 6) is -0.780. The van der Waals surface area contributed by atoms with Gasteiger partial charge in [-0.05, 0) is 67.2 Å². The van der Waals surface area contributed by atoms with E-state index in [0.717, 1.165) is 43.6 Å². The van der Waals surface area contributed by atoms with E-state index in [2.05, 4.69) is 16.7 Å². The molecule has 0 aromatic heterocycles. The minimum atomic E-state index is -0.491. The molecule has 29 heavy (non-hydrogen) atoms. The van der Waals surface area contributed by atoms with Crippen LogP contribution in [0.3, 0.4) is 0 Å². The lowest BCUT2D eigenvalue weighted by molar-refractivity contribution is 0.0790. The van der Waals surface area contributed by atoms with Crippen LogP contribution in [0.2, 0.25) is 5.02 Å². The summed E-state index contributed by atoms with van der Waals surface area (Å²) in [6.45, 7) is 4.91. The van der Waals surface area contributed by atoms with Crippen molar-refractivity contribution in [2.24, 2.45) is 0 Å². The Morgan fingerprint density at radius 2 is 2.00 bits per heavy atom. The van der Waals surface area contributed by atoms with Gasteiger partial charge in [-0.2, -0.15) is 0 Å². The quantitative estimate of drug-likeness (QED) is 0.686. The molecule has 0 saturated heterocycles. The largest absolute Gasteiger partial charge is 0.380 e. The smallest absolute Gasteiger partial charge is 0.256 e. The average Bonchev–Trinajstić information content (AvgIpc) is 2.92. The van der Waals surface area contributed by atoms with Crippen molar-refractivity contribution in [3.63, 3.8) is 0 Å². The molecule has 1 aliphatic rings. The fourth-order valence-corrected chi connectivity index (χ4v) is 3.85. The van der Waals surface area contributed by atoms with Crippen LogP contribution >= 0.6 is 24.0 Å². The monoisotopic (exact) mass is 439 g/mol. The molecule has 0 atom stereocenters. The van der Waals surface area contributed by atoms with E-state index in [1.165, 1.54) is 17.2 Å². The molecular formula is C22H28Cl2FN3O. The molecule has 3 rings (SSSR count). The number of carbonyl (C=O) groups is 1. The third-order valence-corrected chi connectivity index (χ3v) is 5.44. The molecule has 0 unspecified atom stereocenters. The van der Waals surface area contributed by atoms with Crippen LogP contribution in [0, 0.1) is 5.82 Å². The maximum absolute atomic E-state index is 14.5. The van der Waals surface area contributed by atoms with Crippen LogP contribution in [-0.2, 0) is 19.4 Å². The molecule has 1 aliphatic heterocycles. The summed E-state index contributed by atoms with van der Waals surface area (Å²) < 4.78 is 14.5. The number of benzene rings is 2. The van der Waals surface area contributed by atoms with Gasteiger partial charge in [-0.3, -0.25) is 4.79 Å². The Balaban J connectivity index is 0.00000300. The van der Waals surface area contributed by atoms with Crippen molar-refractivity contribution in [1.29, 1.82) is 0 Å². The summed E-state index contributed by atoms with van der Waals surface area (Å²) in [4.78, 5) is 13.9. The van der Waals surface area contributed by atoms with E-state index < -0.39 is 5.82 Å². The van der Waals surface area contributed by atoms with E-state index in [4.69, 9.17) is 11.6 Å². The molecule has 2 aromatic rings. The molecule has 158 valence electrons. The van der Waals surface area contributed by atoms with Gasteiger partial charge in [0, 0.05) is 20.1 Å². The number of rotatable bonds is 6. The van der Waals surface area contributed by atoms with Crippen LogP contribution in [-0.4, -0.2) is 37.5 Å². The first-order chi connectivity index (χ1) is 13.5. The first-order valence-electron chi connectivity index (χ1n) is 9.80. The number of halogens is 3. The van der Waals surface area contributed by atoms with E-state index in [9.17, 15) is 9.18 Å². The van der Waals surface area contributed by atoms with Gasteiger partial charge >= 0.3 is 0 Å². The zero-order valence-corrected chi connectivity index (χ0v) is 18.4. The maximum atomic E-state index is 14.5. The number of anilines is 1. The summed E-state index contributed by atoms with van der Waals surface area (Å²) in [5.41, 5.74) is 4.32. The van der Waals surface area contributed by atoms with Gasteiger partial charge in [-0.15, -0.1) is 12.4 Å². The Labute approximate surface area is 183 Å². The van der Waals surface area contributed by atoms with E-state index >= 15 is 0 Å². The second kappa shape index (κ2) is 10.8. The van der Waals surface area contributed by atoms with Crippen LogP contribution in [0.15, 0.2) is 30.3 Å². The van der Waals surface area contributed by atoms with E-state index in [0.29, 0.717) is 18.1 Å². The van der Waals surface area contributed by atoms with Gasteiger partial charge in [0.15, 0.2) is 0 Å². The minimum Gasteiger partial charge on any atom is -0.380 e. The molecular weight excluding hydrogens is 412 g/mol. The summed E-state index contributed by atoms with van der Waals surface area (Å²) in [6.07, 6.45) is 2.71. The van der Waals surface area contributed by atoms with Gasteiger partial charge in [-0.25, -0.2) is 4.39 Å². The van der Waals surface area contributed by atoms with Crippen LogP contribution in [0.4, 0.5) is 10.1 Å². The predicted octanol–water partition coefficient (Wildman–Crippen LogP) is 4.68. The third-order valence-electron chi connectivity index (χ3n) is 5.12. The lowest BCUT2D eigenvalue weighted by Crippen LogP contribution is -2.28. The number of nitrogens with one attached hydrogen (secondary N) is 2. The second-order valence-corrected chi connectivity index (χ2v) is 7.61. The van der Waals surface area contributed by atoms with Gasteiger partial charge in [0.25, 0.3) is 5.91 Å². The Morgan fingerprint density at radius 3 is 2.72 bits per heavy atom. The van der Waals surface area contributed by atoms with Gasteiger partial charge < -0.3 is 15.5 Å². The highest BCUT2D eigenvalue weighted by atomic mass is 35.5. The lowest BCUT2D eigenvalue weighted by Gasteiger charge is -2.18. The Morgan fingerprint density at radius 1 is 1.24 bits per heavy atom. The van der Waals surface area contributed by atoms with Crippen molar-refractivity contribution in [2.45, 2.75) is 32.7 Å². The summed E-state index contributed by atoms with van der Waals surface area (Å²) >= 11 is 6.44. The molecule has 0 bridgehead atoms. The SMILES string of the molecule is CCCN(C)C(=O)c1ccc(CNc2c(Cl)ccc3c2CCNCC3)cc1F.Cl. The first kappa shape index (κ1) is 23.5. The van der Waals surface area contributed by atoms with Crippen molar-refractivity contribution in [3.8, 4) is 0 Å². The van der Waals surface area contributed by atoms with E-state index in [1.54, 1.807) is 24.1 Å². The van der Waals surface area contributed by atoms with Crippen LogP contribution in [0.5, 0.6) is 0 Å². The van der Waals surface area contributed by atoms with Crippen molar-refractivity contribution >= 4 is 35.6 Å². The van der Waals surface area contributed by atoms with E-state index in [1.807, 2.05) is 13.0 Å². The number of hydrogen-bond donors (Lipinski definition) is 2. The van der Waals surface area contributed by atoms with Gasteiger partial charge in [0.1, 0.15) is 5.82 Å². The zero-order chi connectivity index (χ0) is 20.1.